The predicted octanol–water partition coefficient (Wildman–Crippen LogP) is 5.42. The molecule has 0 amide bonds. The van der Waals surface area contributed by atoms with Gasteiger partial charge < -0.3 is 10.6 Å². The van der Waals surface area contributed by atoms with Crippen LogP contribution in [0.2, 0.25) is 0 Å². The fraction of sp³-hybridized carbons (Fsp3) is 0.323. The summed E-state index contributed by atoms with van der Waals surface area (Å²) in [5.41, 5.74) is 4.59. The summed E-state index contributed by atoms with van der Waals surface area (Å²) in [5, 5.41) is 22.3. The van der Waals surface area contributed by atoms with Gasteiger partial charge >= 0.3 is 5.97 Å². The highest BCUT2D eigenvalue weighted by atomic mass is 32.2. The van der Waals surface area contributed by atoms with Crippen LogP contribution in [-0.4, -0.2) is 35.9 Å². The first kappa shape index (κ1) is 29.9. The van der Waals surface area contributed by atoms with Crippen LogP contribution in [0.4, 0.5) is 4.39 Å². The number of aromatic carboxylic acids is 1. The molecule has 2 aromatic heterocycles. The highest BCUT2D eigenvalue weighted by Gasteiger charge is 2.30. The fourth-order valence-corrected chi connectivity index (χ4v) is 6.60. The summed E-state index contributed by atoms with van der Waals surface area (Å²) in [5.74, 6) is 5.71. The average molecular weight is 608 g/mol. The van der Waals surface area contributed by atoms with Crippen molar-refractivity contribution < 1.29 is 24.3 Å². The van der Waals surface area contributed by atoms with Gasteiger partial charge in [0, 0.05) is 34.9 Å². The lowest BCUT2D eigenvalue weighted by atomic mass is 9.96. The molecule has 218 valence electrons. The molecular formula is C31H32FN4O4S2+. The largest absolute Gasteiger partial charge is 0.476 e. The molecule has 0 spiro atoms. The van der Waals surface area contributed by atoms with Gasteiger partial charge in [0.2, 0.25) is 10.0 Å². The maximum Gasteiger partial charge on any atom is 0.355 e. The van der Waals surface area contributed by atoms with Crippen molar-refractivity contribution in [1.82, 2.24) is 14.8 Å². The Labute approximate surface area is 250 Å². The molecule has 8 nitrogen and oxygen atoms in total. The Balaban J connectivity index is 0.00000353. The molecule has 11 heteroatoms. The van der Waals surface area contributed by atoms with Crippen LogP contribution < -0.4 is 5.14 Å². The molecule has 1 atom stereocenters. The van der Waals surface area contributed by atoms with Crippen LogP contribution >= 0.6 is 11.3 Å². The van der Waals surface area contributed by atoms with Gasteiger partial charge in [-0.25, -0.2) is 18.9 Å². The van der Waals surface area contributed by atoms with Crippen LogP contribution in [-0.2, 0) is 24.2 Å². The molecule has 2 heterocycles. The van der Waals surface area contributed by atoms with Crippen molar-refractivity contribution in [3.63, 3.8) is 0 Å². The molecule has 2 saturated carbocycles. The number of carboxylic acids is 1. The van der Waals surface area contributed by atoms with E-state index in [0.717, 1.165) is 67.3 Å². The van der Waals surface area contributed by atoms with Crippen molar-refractivity contribution in [2.24, 2.45) is 17.0 Å². The van der Waals surface area contributed by atoms with Gasteiger partial charge in [-0.2, -0.15) is 9.65 Å². The lowest BCUT2D eigenvalue weighted by Gasteiger charge is -2.09. The first-order valence-electron chi connectivity index (χ1n) is 13.7. The van der Waals surface area contributed by atoms with E-state index in [1.165, 1.54) is 22.8 Å². The molecule has 1 unspecified atom stereocenters. The first-order valence-corrected chi connectivity index (χ1v) is 15.9. The number of thiazole rings is 1. The quantitative estimate of drug-likeness (QED) is 0.180. The first-order chi connectivity index (χ1) is 19.9. The van der Waals surface area contributed by atoms with E-state index in [0.29, 0.717) is 39.5 Å². The van der Waals surface area contributed by atoms with E-state index in [4.69, 9.17) is 10.2 Å². The number of hydrogen-bond donors (Lipinski definition) is 3. The van der Waals surface area contributed by atoms with Gasteiger partial charge in [-0.1, -0.05) is 36.8 Å². The van der Waals surface area contributed by atoms with Gasteiger partial charge in [-0.05, 0) is 67.9 Å². The predicted molar refractivity (Wildman–Crippen MR) is 162 cm³/mol. The molecule has 0 aliphatic heterocycles. The van der Waals surface area contributed by atoms with E-state index >= 15 is 0 Å². The smallest absolute Gasteiger partial charge is 0.355 e. The summed E-state index contributed by atoms with van der Waals surface area (Å²) in [6.07, 6.45) is 7.93. The van der Waals surface area contributed by atoms with E-state index in [9.17, 15) is 18.8 Å². The minimum absolute atomic E-state index is 0. The zero-order chi connectivity index (χ0) is 28.5. The van der Waals surface area contributed by atoms with Gasteiger partial charge in [0.15, 0.2) is 5.69 Å². The summed E-state index contributed by atoms with van der Waals surface area (Å²) in [6.45, 7) is 0. The third-order valence-electron chi connectivity index (χ3n) is 7.69. The Morgan fingerprint density at radius 2 is 1.95 bits per heavy atom. The molecule has 42 heavy (non-hydrogen) atoms. The lowest BCUT2D eigenvalue weighted by molar-refractivity contribution is 0.0691. The zero-order valence-electron chi connectivity index (χ0n) is 22.8. The van der Waals surface area contributed by atoms with Crippen LogP contribution in [0.3, 0.4) is 0 Å². The SMILES string of the molecule is N[S+](O)c1cccc(Cc2c(-c3ccc(F)c(C#CC4CCCC4)c3)nn(-c3nc(C(=O)O)cs3)c2CC2CC2)c1.O. The second-order valence-corrected chi connectivity index (χ2v) is 12.7. The van der Waals surface area contributed by atoms with Crippen LogP contribution in [0.15, 0.2) is 52.7 Å². The van der Waals surface area contributed by atoms with Gasteiger partial charge in [-0.3, -0.25) is 0 Å². The van der Waals surface area contributed by atoms with Crippen molar-refractivity contribution >= 4 is 28.7 Å². The van der Waals surface area contributed by atoms with Crippen molar-refractivity contribution in [3.8, 4) is 28.2 Å². The average Bonchev–Trinajstić information content (AvgIpc) is 3.31. The third kappa shape index (κ3) is 6.59. The zero-order valence-corrected chi connectivity index (χ0v) is 24.5. The van der Waals surface area contributed by atoms with Gasteiger partial charge in [0.25, 0.3) is 11.4 Å². The summed E-state index contributed by atoms with van der Waals surface area (Å²) in [4.78, 5) is 16.6. The second kappa shape index (κ2) is 12.8. The standard InChI is InChI=1S/C31H29FN4O3S2.H2O/c32-26-13-12-23(17-22(26)11-10-19-4-1-2-5-19)29-25(15-21-6-3-7-24(14-21)41(33)39)28(16-20-8-9-20)36(35-29)31-34-27(18-40-31)30(37)38;/h3,6-7,12-14,17-20,39H,1-2,4-5,8-9,15-16,33H2;1H2/p+1. The van der Waals surface area contributed by atoms with E-state index in [-0.39, 0.29) is 17.0 Å². The van der Waals surface area contributed by atoms with E-state index in [2.05, 4.69) is 16.8 Å². The number of nitrogens with zero attached hydrogens (tertiary/aromatic N) is 3. The Hall–Kier alpha value is -3.53. The molecular weight excluding hydrogens is 575 g/mol. The maximum atomic E-state index is 14.9. The molecule has 0 saturated heterocycles. The molecule has 2 aliphatic rings. The number of carbonyl (C=O) groups is 1. The van der Waals surface area contributed by atoms with E-state index < -0.39 is 17.3 Å². The van der Waals surface area contributed by atoms with Crippen molar-refractivity contribution in [2.45, 2.75) is 56.3 Å². The minimum atomic E-state index is -1.37. The summed E-state index contributed by atoms with van der Waals surface area (Å²) < 4.78 is 26.7. The van der Waals surface area contributed by atoms with E-state index in [1.54, 1.807) is 22.9 Å². The number of nitrogens with two attached hydrogens (primary N) is 1. The molecule has 6 rings (SSSR count). The molecule has 6 N–H and O–H groups in total. The van der Waals surface area contributed by atoms with Crippen LogP contribution in [0, 0.1) is 29.5 Å². The van der Waals surface area contributed by atoms with Crippen molar-refractivity contribution in [1.29, 1.82) is 0 Å². The number of halogens is 1. The Morgan fingerprint density at radius 3 is 2.64 bits per heavy atom. The number of aromatic nitrogens is 3. The van der Waals surface area contributed by atoms with Crippen LogP contribution in [0.1, 0.15) is 71.4 Å². The van der Waals surface area contributed by atoms with Gasteiger partial charge in [-0.15, -0.1) is 16.5 Å². The normalized spacial score (nSPS) is 15.6. The molecule has 0 radical (unpaired) electrons. The van der Waals surface area contributed by atoms with Crippen molar-refractivity contribution in [2.75, 3.05) is 0 Å². The fourth-order valence-electron chi connectivity index (χ4n) is 5.33. The van der Waals surface area contributed by atoms with Crippen LogP contribution in [0.5, 0.6) is 0 Å². The van der Waals surface area contributed by atoms with Crippen molar-refractivity contribution in [3.05, 3.63) is 81.7 Å². The van der Waals surface area contributed by atoms with Gasteiger partial charge in [0.1, 0.15) is 5.82 Å². The minimum Gasteiger partial charge on any atom is -0.476 e. The highest BCUT2D eigenvalue weighted by Crippen LogP contribution is 2.38. The van der Waals surface area contributed by atoms with Gasteiger partial charge in [0.05, 0.1) is 17.0 Å². The maximum absolute atomic E-state index is 14.9. The Morgan fingerprint density at radius 1 is 1.17 bits per heavy atom. The number of rotatable bonds is 8. The number of hydrogen-bond acceptors (Lipinski definition) is 6. The summed E-state index contributed by atoms with van der Waals surface area (Å²) in [7, 11) is 0. The monoisotopic (exact) mass is 607 g/mol. The van der Waals surface area contributed by atoms with Crippen LogP contribution in [0.25, 0.3) is 16.4 Å². The molecule has 2 aliphatic carbocycles. The third-order valence-corrected chi connectivity index (χ3v) is 9.24. The molecule has 0 bridgehead atoms. The molecule has 4 aromatic rings. The highest BCUT2D eigenvalue weighted by molar-refractivity contribution is 7.89. The summed E-state index contributed by atoms with van der Waals surface area (Å²) >= 11 is -0.142. The number of carboxylic acid groups (broad SMARTS) is 1. The summed E-state index contributed by atoms with van der Waals surface area (Å²) in [6, 6.07) is 12.5. The van der Waals surface area contributed by atoms with E-state index in [1.807, 2.05) is 18.2 Å². The second-order valence-electron chi connectivity index (χ2n) is 10.7. The molecule has 2 fully saturated rings. The topological polar surface area (TPSA) is 146 Å². The molecule has 2 aromatic carbocycles. The lowest BCUT2D eigenvalue weighted by Crippen LogP contribution is -2.12. The Kier molecular flexibility index (Phi) is 9.11. The number of benzene rings is 2. The Bertz CT molecular complexity index is 1660.